The standard InChI is InChI=1S/C29H33F2N3O4S/c1-4-21(2)32-29(36)27(18-22-8-6-5-7-9-22)33(19-23-10-12-24(30)13-11-23)28(35)20-34(39(3,37)38)26-16-14-25(31)15-17-26/h5-17,21,27H,4,18-20H2,1-3H3,(H,32,36)/t21-,27+/m1/s1. The predicted molar refractivity (Wildman–Crippen MR) is 147 cm³/mol. The number of carbonyl (C=O) groups is 2. The van der Waals surface area contributed by atoms with Crippen molar-refractivity contribution in [3.63, 3.8) is 0 Å². The monoisotopic (exact) mass is 557 g/mol. The van der Waals surface area contributed by atoms with Gasteiger partial charge in [0.25, 0.3) is 0 Å². The Balaban J connectivity index is 2.04. The zero-order valence-electron chi connectivity index (χ0n) is 22.2. The fourth-order valence-electron chi connectivity index (χ4n) is 4.00. The first kappa shape index (κ1) is 29.8. The van der Waals surface area contributed by atoms with Gasteiger partial charge in [0.1, 0.15) is 24.2 Å². The Labute approximate surface area is 228 Å². The number of amides is 2. The summed E-state index contributed by atoms with van der Waals surface area (Å²) in [5.41, 5.74) is 1.47. The van der Waals surface area contributed by atoms with Crippen molar-refractivity contribution >= 4 is 27.5 Å². The van der Waals surface area contributed by atoms with Crippen LogP contribution in [-0.2, 0) is 32.6 Å². The number of carbonyl (C=O) groups excluding carboxylic acids is 2. The summed E-state index contributed by atoms with van der Waals surface area (Å²) in [5.74, 6) is -2.04. The number of anilines is 1. The van der Waals surface area contributed by atoms with Crippen LogP contribution in [0.25, 0.3) is 0 Å². The van der Waals surface area contributed by atoms with E-state index in [0.29, 0.717) is 12.0 Å². The second-order valence-corrected chi connectivity index (χ2v) is 11.3. The maximum atomic E-state index is 13.9. The highest BCUT2D eigenvalue weighted by Crippen LogP contribution is 2.21. The fourth-order valence-corrected chi connectivity index (χ4v) is 4.85. The van der Waals surface area contributed by atoms with E-state index < -0.39 is 46.1 Å². The molecular weight excluding hydrogens is 524 g/mol. The molecule has 39 heavy (non-hydrogen) atoms. The van der Waals surface area contributed by atoms with Crippen molar-refractivity contribution in [1.29, 1.82) is 0 Å². The van der Waals surface area contributed by atoms with E-state index in [0.717, 1.165) is 28.3 Å². The lowest BCUT2D eigenvalue weighted by Crippen LogP contribution is -2.54. The molecule has 0 saturated carbocycles. The van der Waals surface area contributed by atoms with Crippen molar-refractivity contribution < 1.29 is 26.8 Å². The average molecular weight is 558 g/mol. The second-order valence-electron chi connectivity index (χ2n) is 9.42. The Morgan fingerprint density at radius 1 is 0.872 bits per heavy atom. The molecule has 0 aliphatic heterocycles. The number of nitrogens with one attached hydrogen (secondary N) is 1. The number of halogens is 2. The van der Waals surface area contributed by atoms with E-state index in [4.69, 9.17) is 0 Å². The lowest BCUT2D eigenvalue weighted by Gasteiger charge is -2.34. The van der Waals surface area contributed by atoms with Crippen molar-refractivity contribution in [2.75, 3.05) is 17.1 Å². The summed E-state index contributed by atoms with van der Waals surface area (Å²) in [6.45, 7) is 3.09. The molecule has 0 saturated heterocycles. The minimum Gasteiger partial charge on any atom is -0.352 e. The van der Waals surface area contributed by atoms with E-state index in [1.807, 2.05) is 44.2 Å². The van der Waals surface area contributed by atoms with Gasteiger partial charge in [-0.05, 0) is 60.9 Å². The Bertz CT molecular complexity index is 1350. The summed E-state index contributed by atoms with van der Waals surface area (Å²) < 4.78 is 53.4. The van der Waals surface area contributed by atoms with E-state index in [2.05, 4.69) is 5.32 Å². The van der Waals surface area contributed by atoms with Gasteiger partial charge in [-0.15, -0.1) is 0 Å². The first-order chi connectivity index (χ1) is 18.5. The molecule has 2 atom stereocenters. The number of hydrogen-bond acceptors (Lipinski definition) is 4. The van der Waals surface area contributed by atoms with Gasteiger partial charge in [-0.1, -0.05) is 49.4 Å². The normalized spacial score (nSPS) is 12.8. The van der Waals surface area contributed by atoms with Crippen molar-refractivity contribution in [1.82, 2.24) is 10.2 Å². The fraction of sp³-hybridized carbons (Fsp3) is 0.310. The summed E-state index contributed by atoms with van der Waals surface area (Å²) in [6.07, 6.45) is 1.79. The Morgan fingerprint density at radius 2 is 1.44 bits per heavy atom. The van der Waals surface area contributed by atoms with Crippen LogP contribution in [0.3, 0.4) is 0 Å². The summed E-state index contributed by atoms with van der Waals surface area (Å²) >= 11 is 0. The number of benzene rings is 3. The Morgan fingerprint density at radius 3 is 1.97 bits per heavy atom. The number of sulfonamides is 1. The van der Waals surface area contributed by atoms with Crippen LogP contribution in [0, 0.1) is 11.6 Å². The highest BCUT2D eigenvalue weighted by molar-refractivity contribution is 7.92. The zero-order chi connectivity index (χ0) is 28.6. The smallest absolute Gasteiger partial charge is 0.244 e. The van der Waals surface area contributed by atoms with Crippen molar-refractivity contribution in [2.45, 2.75) is 45.3 Å². The van der Waals surface area contributed by atoms with Gasteiger partial charge in [0, 0.05) is 19.0 Å². The molecule has 0 radical (unpaired) electrons. The van der Waals surface area contributed by atoms with E-state index in [1.54, 1.807) is 0 Å². The van der Waals surface area contributed by atoms with Crippen LogP contribution in [0.5, 0.6) is 0 Å². The summed E-state index contributed by atoms with van der Waals surface area (Å²) in [6, 6.07) is 18.3. The van der Waals surface area contributed by atoms with Gasteiger partial charge in [0.2, 0.25) is 21.8 Å². The minimum absolute atomic E-state index is 0.0639. The van der Waals surface area contributed by atoms with Crippen LogP contribution in [0.2, 0.25) is 0 Å². The van der Waals surface area contributed by atoms with Gasteiger partial charge in [0.15, 0.2) is 0 Å². The molecule has 0 unspecified atom stereocenters. The van der Waals surface area contributed by atoms with E-state index in [1.165, 1.54) is 41.3 Å². The molecule has 0 spiro atoms. The highest BCUT2D eigenvalue weighted by atomic mass is 32.2. The minimum atomic E-state index is -3.95. The third-order valence-electron chi connectivity index (χ3n) is 6.33. The molecule has 7 nitrogen and oxygen atoms in total. The van der Waals surface area contributed by atoms with Crippen molar-refractivity contribution in [3.05, 3.63) is 102 Å². The van der Waals surface area contributed by atoms with Crippen molar-refractivity contribution in [3.8, 4) is 0 Å². The summed E-state index contributed by atoms with van der Waals surface area (Å²) in [5, 5.41) is 2.94. The van der Waals surface area contributed by atoms with Crippen LogP contribution >= 0.6 is 0 Å². The molecule has 10 heteroatoms. The number of nitrogens with zero attached hydrogens (tertiary/aromatic N) is 2. The first-order valence-electron chi connectivity index (χ1n) is 12.6. The topological polar surface area (TPSA) is 86.8 Å². The largest absolute Gasteiger partial charge is 0.352 e. The molecule has 0 aromatic heterocycles. The molecule has 2 amide bonds. The Hall–Kier alpha value is -3.79. The van der Waals surface area contributed by atoms with Gasteiger partial charge in [0.05, 0.1) is 11.9 Å². The van der Waals surface area contributed by atoms with Gasteiger partial charge in [-0.3, -0.25) is 13.9 Å². The third kappa shape index (κ3) is 8.61. The van der Waals surface area contributed by atoms with Gasteiger partial charge in [-0.2, -0.15) is 0 Å². The number of hydrogen-bond donors (Lipinski definition) is 1. The van der Waals surface area contributed by atoms with Crippen molar-refractivity contribution in [2.24, 2.45) is 0 Å². The van der Waals surface area contributed by atoms with Gasteiger partial charge in [-0.25, -0.2) is 17.2 Å². The second kappa shape index (κ2) is 13.3. The molecule has 0 aliphatic rings. The lowest BCUT2D eigenvalue weighted by atomic mass is 10.0. The zero-order valence-corrected chi connectivity index (χ0v) is 23.0. The first-order valence-corrected chi connectivity index (χ1v) is 14.4. The van der Waals surface area contributed by atoms with Gasteiger partial charge < -0.3 is 10.2 Å². The molecule has 1 N–H and O–H groups in total. The molecule has 208 valence electrons. The average Bonchev–Trinajstić information content (AvgIpc) is 2.90. The van der Waals surface area contributed by atoms with Crippen LogP contribution in [0.1, 0.15) is 31.4 Å². The van der Waals surface area contributed by atoms with E-state index in [-0.39, 0.29) is 24.7 Å². The molecule has 3 aromatic rings. The Kier molecular flexibility index (Phi) is 10.2. The molecule has 0 fully saturated rings. The van der Waals surface area contributed by atoms with E-state index >= 15 is 0 Å². The van der Waals surface area contributed by atoms with Crippen LogP contribution in [0.15, 0.2) is 78.9 Å². The van der Waals surface area contributed by atoms with E-state index in [9.17, 15) is 26.8 Å². The number of rotatable bonds is 12. The molecule has 3 aromatic carbocycles. The SMILES string of the molecule is CC[C@@H](C)NC(=O)[C@H](Cc1ccccc1)N(Cc1ccc(F)cc1)C(=O)CN(c1ccc(F)cc1)S(C)(=O)=O. The van der Waals surface area contributed by atoms with Gasteiger partial charge >= 0.3 is 0 Å². The molecule has 0 bridgehead atoms. The molecule has 0 heterocycles. The van der Waals surface area contributed by atoms with Crippen LogP contribution in [0.4, 0.5) is 14.5 Å². The van der Waals surface area contributed by atoms with Crippen LogP contribution in [-0.4, -0.2) is 50.0 Å². The summed E-state index contributed by atoms with van der Waals surface area (Å²) in [4.78, 5) is 28.8. The summed E-state index contributed by atoms with van der Waals surface area (Å²) in [7, 11) is -3.95. The maximum Gasteiger partial charge on any atom is 0.244 e. The molecular formula is C29H33F2N3O4S. The lowest BCUT2D eigenvalue weighted by molar-refractivity contribution is -0.140. The molecule has 0 aliphatic carbocycles. The maximum absolute atomic E-state index is 13.9. The molecule has 3 rings (SSSR count). The third-order valence-corrected chi connectivity index (χ3v) is 7.47. The highest BCUT2D eigenvalue weighted by Gasteiger charge is 2.33. The quantitative estimate of drug-likeness (QED) is 0.360. The van der Waals surface area contributed by atoms with Crippen LogP contribution < -0.4 is 9.62 Å². The predicted octanol–water partition coefficient (Wildman–Crippen LogP) is 4.29.